The number of aliphatic carboxylic acids is 1. The third-order valence-electron chi connectivity index (χ3n) is 4.52. The quantitative estimate of drug-likeness (QED) is 0.694. The van der Waals surface area contributed by atoms with Crippen LogP contribution in [0, 0.1) is 17.3 Å². The molecule has 1 aliphatic rings. The fraction of sp³-hybridized carbons (Fsp3) is 0.938. The molecule has 1 rings (SSSR count). The predicted octanol–water partition coefficient (Wildman–Crippen LogP) is 2.42. The van der Waals surface area contributed by atoms with E-state index in [9.17, 15) is 18.3 Å². The molecule has 0 radical (unpaired) electrons. The van der Waals surface area contributed by atoms with Gasteiger partial charge in [0.15, 0.2) is 0 Å². The van der Waals surface area contributed by atoms with Gasteiger partial charge in [0.25, 0.3) is 10.2 Å². The largest absolute Gasteiger partial charge is 0.481 e. The number of carboxylic acid groups (broad SMARTS) is 1. The number of rotatable bonds is 9. The lowest BCUT2D eigenvalue weighted by Gasteiger charge is -2.29. The van der Waals surface area contributed by atoms with Gasteiger partial charge in [-0.05, 0) is 38.0 Å². The number of hydrogen-bond acceptors (Lipinski definition) is 3. The molecule has 136 valence electrons. The molecule has 0 spiro atoms. The fourth-order valence-electron chi connectivity index (χ4n) is 2.60. The summed E-state index contributed by atoms with van der Waals surface area (Å²) in [4.78, 5) is 11.4. The zero-order valence-corrected chi connectivity index (χ0v) is 15.9. The number of hydrogen-bond donors (Lipinski definition) is 1. The third kappa shape index (κ3) is 5.43. The van der Waals surface area contributed by atoms with Crippen molar-refractivity contribution in [3.05, 3.63) is 0 Å². The summed E-state index contributed by atoms with van der Waals surface area (Å²) in [7, 11) is -3.59. The highest BCUT2D eigenvalue weighted by Gasteiger charge is 2.45. The van der Waals surface area contributed by atoms with E-state index in [0.29, 0.717) is 31.3 Å². The van der Waals surface area contributed by atoms with Gasteiger partial charge in [-0.25, -0.2) is 0 Å². The van der Waals surface area contributed by atoms with Crippen LogP contribution < -0.4 is 0 Å². The van der Waals surface area contributed by atoms with Crippen LogP contribution >= 0.6 is 0 Å². The zero-order valence-electron chi connectivity index (χ0n) is 15.1. The molecular formula is C16H32N2O4S. The first-order valence-electron chi connectivity index (χ1n) is 8.47. The maximum atomic E-state index is 12.9. The summed E-state index contributed by atoms with van der Waals surface area (Å²) in [6, 6.07) is 0. The first-order valence-corrected chi connectivity index (χ1v) is 9.87. The lowest BCUT2D eigenvalue weighted by atomic mass is 9.90. The van der Waals surface area contributed by atoms with Gasteiger partial charge in [-0.2, -0.15) is 17.0 Å². The Morgan fingerprint density at radius 2 is 1.65 bits per heavy atom. The molecule has 1 aliphatic heterocycles. The molecule has 23 heavy (non-hydrogen) atoms. The number of carbonyl (C=O) groups is 1. The van der Waals surface area contributed by atoms with Crippen molar-refractivity contribution in [2.75, 3.05) is 26.2 Å². The summed E-state index contributed by atoms with van der Waals surface area (Å²) >= 11 is 0. The lowest BCUT2D eigenvalue weighted by Crippen LogP contribution is -2.45. The highest BCUT2D eigenvalue weighted by atomic mass is 32.2. The van der Waals surface area contributed by atoms with Crippen molar-refractivity contribution in [3.63, 3.8) is 0 Å². The summed E-state index contributed by atoms with van der Waals surface area (Å²) in [5.41, 5.74) is -0.977. The van der Waals surface area contributed by atoms with Crippen molar-refractivity contribution in [2.45, 2.75) is 53.9 Å². The molecule has 7 heteroatoms. The summed E-state index contributed by atoms with van der Waals surface area (Å²) < 4.78 is 28.7. The van der Waals surface area contributed by atoms with Crippen LogP contribution in [0.1, 0.15) is 53.9 Å². The second-order valence-electron chi connectivity index (χ2n) is 7.72. The second-order valence-corrected chi connectivity index (χ2v) is 9.65. The van der Waals surface area contributed by atoms with E-state index in [1.54, 1.807) is 11.2 Å². The van der Waals surface area contributed by atoms with Gasteiger partial charge in [0, 0.05) is 26.2 Å². The van der Waals surface area contributed by atoms with Crippen molar-refractivity contribution in [2.24, 2.45) is 17.3 Å². The van der Waals surface area contributed by atoms with Crippen molar-refractivity contribution >= 4 is 16.2 Å². The minimum Gasteiger partial charge on any atom is -0.481 e. The van der Waals surface area contributed by atoms with Gasteiger partial charge < -0.3 is 5.11 Å². The van der Waals surface area contributed by atoms with E-state index in [1.807, 2.05) is 0 Å². The third-order valence-corrected chi connectivity index (χ3v) is 6.50. The molecule has 0 bridgehead atoms. The van der Waals surface area contributed by atoms with Crippen LogP contribution in [0.5, 0.6) is 0 Å². The molecule has 0 saturated carbocycles. The zero-order chi connectivity index (χ0) is 17.8. The van der Waals surface area contributed by atoms with Gasteiger partial charge in [-0.1, -0.05) is 27.7 Å². The van der Waals surface area contributed by atoms with E-state index in [4.69, 9.17) is 0 Å². The molecule has 1 fully saturated rings. The van der Waals surface area contributed by atoms with Gasteiger partial charge in [-0.3, -0.25) is 4.79 Å². The minimum absolute atomic E-state index is 0.0600. The van der Waals surface area contributed by atoms with Crippen molar-refractivity contribution in [1.82, 2.24) is 8.61 Å². The Labute approximate surface area is 141 Å². The van der Waals surface area contributed by atoms with Crippen molar-refractivity contribution in [1.29, 1.82) is 0 Å². The molecule has 1 atom stereocenters. The molecule has 6 nitrogen and oxygen atoms in total. The van der Waals surface area contributed by atoms with Crippen LogP contribution in [0.25, 0.3) is 0 Å². The first kappa shape index (κ1) is 20.4. The van der Waals surface area contributed by atoms with E-state index < -0.39 is 21.6 Å². The van der Waals surface area contributed by atoms with Crippen LogP contribution in [0.2, 0.25) is 0 Å². The monoisotopic (exact) mass is 348 g/mol. The first-order chi connectivity index (χ1) is 10.5. The van der Waals surface area contributed by atoms with Crippen molar-refractivity contribution < 1.29 is 18.3 Å². The van der Waals surface area contributed by atoms with Gasteiger partial charge in [0.1, 0.15) is 0 Å². The maximum Gasteiger partial charge on any atom is 0.310 e. The highest BCUT2D eigenvalue weighted by molar-refractivity contribution is 7.86. The Morgan fingerprint density at radius 1 is 1.17 bits per heavy atom. The smallest absolute Gasteiger partial charge is 0.310 e. The SMILES string of the molecule is CC(C)CCN(CCC(C)C)S(=O)(=O)N1CCC(C)(C(=O)O)C1. The Hall–Kier alpha value is -0.660. The van der Waals surface area contributed by atoms with Crippen LogP contribution in [0.15, 0.2) is 0 Å². The molecule has 1 N–H and O–H groups in total. The second kappa shape index (κ2) is 7.94. The summed E-state index contributed by atoms with van der Waals surface area (Å²) in [6.45, 7) is 11.2. The van der Waals surface area contributed by atoms with Crippen molar-refractivity contribution in [3.8, 4) is 0 Å². The minimum atomic E-state index is -3.59. The average Bonchev–Trinajstić information content (AvgIpc) is 2.82. The van der Waals surface area contributed by atoms with Gasteiger partial charge in [-0.15, -0.1) is 0 Å². The van der Waals surface area contributed by atoms with E-state index >= 15 is 0 Å². The Bertz CT molecular complexity index is 492. The van der Waals surface area contributed by atoms with Crippen LogP contribution in [-0.2, 0) is 15.0 Å². The predicted molar refractivity (Wildman–Crippen MR) is 91.3 cm³/mol. The normalized spacial score (nSPS) is 23.3. The molecule has 0 amide bonds. The van der Waals surface area contributed by atoms with E-state index in [1.165, 1.54) is 4.31 Å². The van der Waals surface area contributed by atoms with Crippen LogP contribution in [0.4, 0.5) is 0 Å². The fourth-order valence-corrected chi connectivity index (χ4v) is 4.37. The van der Waals surface area contributed by atoms with E-state index in [-0.39, 0.29) is 13.1 Å². The van der Waals surface area contributed by atoms with Gasteiger partial charge in [0.2, 0.25) is 0 Å². The average molecular weight is 349 g/mol. The maximum absolute atomic E-state index is 12.9. The summed E-state index contributed by atoms with van der Waals surface area (Å²) in [5.74, 6) is -0.0738. The summed E-state index contributed by atoms with van der Waals surface area (Å²) in [6.07, 6.45) is 1.98. The van der Waals surface area contributed by atoms with E-state index in [0.717, 1.165) is 12.8 Å². The Kier molecular flexibility index (Phi) is 7.04. The Morgan fingerprint density at radius 3 is 2.00 bits per heavy atom. The van der Waals surface area contributed by atoms with Gasteiger partial charge >= 0.3 is 5.97 Å². The van der Waals surface area contributed by atoms with Crippen LogP contribution in [-0.4, -0.2) is 54.3 Å². The molecule has 0 aromatic heterocycles. The molecule has 0 aromatic rings. The van der Waals surface area contributed by atoms with E-state index in [2.05, 4.69) is 27.7 Å². The van der Waals surface area contributed by atoms with Gasteiger partial charge in [0.05, 0.1) is 5.41 Å². The molecule has 1 unspecified atom stereocenters. The number of carboxylic acids is 1. The molecule has 0 aromatic carbocycles. The summed E-state index contributed by atoms with van der Waals surface area (Å²) in [5, 5.41) is 9.31. The lowest BCUT2D eigenvalue weighted by molar-refractivity contribution is -0.146. The topological polar surface area (TPSA) is 77.9 Å². The molecule has 1 saturated heterocycles. The molecule has 1 heterocycles. The number of nitrogens with zero attached hydrogens (tertiary/aromatic N) is 2. The molecule has 0 aliphatic carbocycles. The molecular weight excluding hydrogens is 316 g/mol. The standard InChI is InChI=1S/C16H32N2O4S/c1-13(2)6-9-17(10-7-14(3)4)23(21,22)18-11-8-16(5,12-18)15(19)20/h13-14H,6-12H2,1-5H3,(H,19,20). The highest BCUT2D eigenvalue weighted by Crippen LogP contribution is 2.32. The van der Waals surface area contributed by atoms with Crippen LogP contribution in [0.3, 0.4) is 0 Å². The Balaban J connectivity index is 2.87.